The molecular weight excluding hydrogens is 222 g/mol. The lowest BCUT2D eigenvalue weighted by Crippen LogP contribution is -2.18. The van der Waals surface area contributed by atoms with Crippen LogP contribution >= 0.6 is 0 Å². The number of aryl methyl sites for hydroxylation is 2. The van der Waals surface area contributed by atoms with Crippen molar-refractivity contribution in [1.29, 1.82) is 0 Å². The second-order valence-electron chi connectivity index (χ2n) is 3.37. The van der Waals surface area contributed by atoms with E-state index in [1.54, 1.807) is 19.9 Å². The molecule has 8 nitrogen and oxygen atoms in total. The summed E-state index contributed by atoms with van der Waals surface area (Å²) in [6.07, 6.45) is 1.45. The van der Waals surface area contributed by atoms with Crippen LogP contribution in [0.25, 0.3) is 5.82 Å². The fourth-order valence-electron chi connectivity index (χ4n) is 1.46. The van der Waals surface area contributed by atoms with Gasteiger partial charge in [-0.3, -0.25) is 0 Å². The van der Waals surface area contributed by atoms with Gasteiger partial charge < -0.3 is 10.9 Å². The molecule has 2 aromatic heterocycles. The minimum Gasteiger partial charge on any atom is -0.409 e. The van der Waals surface area contributed by atoms with E-state index in [-0.39, 0.29) is 5.84 Å². The monoisotopic (exact) mass is 233 g/mol. The molecule has 0 aliphatic heterocycles. The maximum absolute atomic E-state index is 8.70. The predicted octanol–water partition coefficient (Wildman–Crippen LogP) is -0.231. The van der Waals surface area contributed by atoms with E-state index in [1.165, 1.54) is 10.9 Å². The van der Waals surface area contributed by atoms with E-state index in [2.05, 4.69) is 25.4 Å². The smallest absolute Gasteiger partial charge is 0.188 e. The van der Waals surface area contributed by atoms with E-state index < -0.39 is 0 Å². The Labute approximate surface area is 96.8 Å². The number of oxime groups is 1. The highest BCUT2D eigenvalue weighted by molar-refractivity contribution is 5.99. The molecule has 0 atom stereocenters. The number of hydrogen-bond acceptors (Lipinski definition) is 6. The Balaban J connectivity index is 2.64. The first kappa shape index (κ1) is 11.0. The van der Waals surface area contributed by atoms with Crippen LogP contribution in [0, 0.1) is 13.8 Å². The molecule has 0 saturated heterocycles. The first-order valence-corrected chi connectivity index (χ1v) is 4.83. The van der Waals surface area contributed by atoms with Crippen LogP contribution in [0.5, 0.6) is 0 Å². The molecule has 0 bridgehead atoms. The lowest BCUT2D eigenvalue weighted by atomic mass is 10.2. The molecule has 0 aromatic carbocycles. The summed E-state index contributed by atoms with van der Waals surface area (Å²) < 4.78 is 1.50. The van der Waals surface area contributed by atoms with Gasteiger partial charge in [0.25, 0.3) is 0 Å². The van der Waals surface area contributed by atoms with Crippen LogP contribution in [0.2, 0.25) is 0 Å². The number of aromatic nitrogens is 5. The average Bonchev–Trinajstić information content (AvgIpc) is 2.67. The molecule has 0 aliphatic carbocycles. The highest BCUT2D eigenvalue weighted by Gasteiger charge is 2.14. The molecule has 0 amide bonds. The third-order valence-electron chi connectivity index (χ3n) is 2.16. The maximum Gasteiger partial charge on any atom is 0.188 e. The van der Waals surface area contributed by atoms with Crippen molar-refractivity contribution in [3.05, 3.63) is 29.5 Å². The molecule has 3 N–H and O–H groups in total. The minimum absolute atomic E-state index is 0.0533. The normalized spacial score (nSPS) is 11.8. The van der Waals surface area contributed by atoms with Crippen LogP contribution in [0.3, 0.4) is 0 Å². The first-order valence-electron chi connectivity index (χ1n) is 4.83. The SMILES string of the molecule is Cc1nc(C)n(-c2nnccc2/C(N)=N/O)n1. The Morgan fingerprint density at radius 2 is 2.24 bits per heavy atom. The number of rotatable bonds is 2. The molecule has 17 heavy (non-hydrogen) atoms. The Bertz CT molecular complexity index is 574. The van der Waals surface area contributed by atoms with Gasteiger partial charge in [0.05, 0.1) is 11.8 Å². The lowest BCUT2D eigenvalue weighted by molar-refractivity contribution is 0.318. The van der Waals surface area contributed by atoms with Crippen molar-refractivity contribution in [1.82, 2.24) is 25.0 Å². The third kappa shape index (κ3) is 1.92. The zero-order valence-corrected chi connectivity index (χ0v) is 9.36. The average molecular weight is 233 g/mol. The maximum atomic E-state index is 8.70. The molecular formula is C9H11N7O. The minimum atomic E-state index is -0.0533. The van der Waals surface area contributed by atoms with Gasteiger partial charge in [0.15, 0.2) is 11.7 Å². The van der Waals surface area contributed by atoms with Crippen molar-refractivity contribution in [2.45, 2.75) is 13.8 Å². The molecule has 0 radical (unpaired) electrons. The fraction of sp³-hybridized carbons (Fsp3) is 0.222. The molecule has 0 fully saturated rings. The molecule has 88 valence electrons. The van der Waals surface area contributed by atoms with Gasteiger partial charge in [0.2, 0.25) is 0 Å². The van der Waals surface area contributed by atoms with Crippen molar-refractivity contribution in [3.63, 3.8) is 0 Å². The zero-order valence-electron chi connectivity index (χ0n) is 9.36. The molecule has 2 heterocycles. The third-order valence-corrected chi connectivity index (χ3v) is 2.16. The van der Waals surface area contributed by atoms with Crippen molar-refractivity contribution in [2.24, 2.45) is 10.9 Å². The fourth-order valence-corrected chi connectivity index (χ4v) is 1.46. The van der Waals surface area contributed by atoms with Gasteiger partial charge in [0.1, 0.15) is 11.6 Å². The first-order chi connectivity index (χ1) is 8.13. The summed E-state index contributed by atoms with van der Waals surface area (Å²) in [5.74, 6) is 1.58. The van der Waals surface area contributed by atoms with Crippen LogP contribution in [0.1, 0.15) is 17.2 Å². The van der Waals surface area contributed by atoms with Crippen LogP contribution < -0.4 is 5.73 Å². The van der Waals surface area contributed by atoms with Gasteiger partial charge in [-0.25, -0.2) is 4.98 Å². The standard InChI is InChI=1S/C9H11N7O/c1-5-12-6(2)16(14-5)9-7(8(10)15-17)3-4-11-13-9/h3-4,17H,1-2H3,(H2,10,15). The largest absolute Gasteiger partial charge is 0.409 e. The van der Waals surface area contributed by atoms with Crippen molar-refractivity contribution >= 4 is 5.84 Å². The second-order valence-corrected chi connectivity index (χ2v) is 3.37. The molecule has 0 saturated carbocycles. The quantitative estimate of drug-likeness (QED) is 0.320. The molecule has 0 unspecified atom stereocenters. The second kappa shape index (κ2) is 4.16. The summed E-state index contributed by atoms with van der Waals surface area (Å²) in [6, 6.07) is 1.59. The highest BCUT2D eigenvalue weighted by atomic mass is 16.4. The van der Waals surface area contributed by atoms with Crippen LogP contribution in [-0.2, 0) is 0 Å². The van der Waals surface area contributed by atoms with E-state index in [0.717, 1.165) is 0 Å². The van der Waals surface area contributed by atoms with E-state index in [0.29, 0.717) is 23.0 Å². The highest BCUT2D eigenvalue weighted by Crippen LogP contribution is 2.11. The molecule has 0 aliphatic rings. The number of nitrogens with zero attached hydrogens (tertiary/aromatic N) is 6. The molecule has 8 heteroatoms. The van der Waals surface area contributed by atoms with Crippen molar-refractivity contribution in [3.8, 4) is 5.82 Å². The van der Waals surface area contributed by atoms with E-state index in [1.807, 2.05) is 0 Å². The molecule has 2 rings (SSSR count). The van der Waals surface area contributed by atoms with Gasteiger partial charge >= 0.3 is 0 Å². The van der Waals surface area contributed by atoms with Gasteiger partial charge in [-0.05, 0) is 19.9 Å². The van der Waals surface area contributed by atoms with E-state index >= 15 is 0 Å². The lowest BCUT2D eigenvalue weighted by Gasteiger charge is -2.06. The summed E-state index contributed by atoms with van der Waals surface area (Å²) in [7, 11) is 0. The summed E-state index contributed by atoms with van der Waals surface area (Å²) in [6.45, 7) is 3.55. The number of amidine groups is 1. The predicted molar refractivity (Wildman–Crippen MR) is 58.9 cm³/mol. The van der Waals surface area contributed by atoms with Crippen LogP contribution in [0.4, 0.5) is 0 Å². The summed E-state index contributed by atoms with van der Waals surface area (Å²) in [5.41, 5.74) is 6.00. The Kier molecular flexibility index (Phi) is 2.69. The Morgan fingerprint density at radius 1 is 1.47 bits per heavy atom. The zero-order chi connectivity index (χ0) is 12.4. The van der Waals surface area contributed by atoms with E-state index in [9.17, 15) is 0 Å². The Morgan fingerprint density at radius 3 is 2.82 bits per heavy atom. The van der Waals surface area contributed by atoms with Gasteiger partial charge in [-0.1, -0.05) is 5.16 Å². The van der Waals surface area contributed by atoms with Crippen molar-refractivity contribution in [2.75, 3.05) is 0 Å². The number of nitrogens with two attached hydrogens (primary N) is 1. The van der Waals surface area contributed by atoms with Gasteiger partial charge in [-0.2, -0.15) is 9.78 Å². The van der Waals surface area contributed by atoms with Crippen molar-refractivity contribution < 1.29 is 5.21 Å². The summed E-state index contributed by atoms with van der Waals surface area (Å²) >= 11 is 0. The Hall–Kier alpha value is -2.51. The molecule has 0 spiro atoms. The molecule has 2 aromatic rings. The number of hydrogen-bond donors (Lipinski definition) is 2. The van der Waals surface area contributed by atoms with E-state index in [4.69, 9.17) is 10.9 Å². The van der Waals surface area contributed by atoms with Gasteiger partial charge in [0, 0.05) is 0 Å². The van der Waals surface area contributed by atoms with Gasteiger partial charge in [-0.15, -0.1) is 10.2 Å². The summed E-state index contributed by atoms with van der Waals surface area (Å²) in [5, 5.41) is 23.5. The van der Waals surface area contributed by atoms with Crippen LogP contribution in [-0.4, -0.2) is 36.0 Å². The topological polar surface area (TPSA) is 115 Å². The summed E-state index contributed by atoms with van der Waals surface area (Å²) in [4.78, 5) is 4.15. The van der Waals surface area contributed by atoms with Crippen LogP contribution in [0.15, 0.2) is 17.4 Å².